The Morgan fingerprint density at radius 3 is 1.44 bits per heavy atom. The Kier molecular flexibility index (Phi) is 14.9. The van der Waals surface area contributed by atoms with Gasteiger partial charge < -0.3 is 30.3 Å². The van der Waals surface area contributed by atoms with Crippen LogP contribution in [0.1, 0.15) is 0 Å². The highest BCUT2D eigenvalue weighted by Gasteiger charge is 2.16. The van der Waals surface area contributed by atoms with Crippen molar-refractivity contribution in [2.45, 2.75) is 9.79 Å². The smallest absolute Gasteiger partial charge is 0.175 e. The second kappa shape index (κ2) is 20.5. The Labute approximate surface area is 349 Å². The van der Waals surface area contributed by atoms with E-state index in [1.54, 1.807) is 54.6 Å². The van der Waals surface area contributed by atoms with Crippen LogP contribution >= 0.6 is 11.6 Å². The van der Waals surface area contributed by atoms with Crippen molar-refractivity contribution in [3.05, 3.63) is 126 Å². The van der Waals surface area contributed by atoms with Crippen LogP contribution < -0.4 is 20.9 Å². The number of nitrogens with zero attached hydrogens (tertiary/aromatic N) is 5. The van der Waals surface area contributed by atoms with E-state index >= 15 is 0 Å². The van der Waals surface area contributed by atoms with E-state index in [9.17, 15) is 16.8 Å². The SMILES string of the molecule is C1COCCN1.CS(=O)(=O)c1ccc(Nc2cc(Cl)nc(-c3ccccc3)n2)cc1.CS(=O)(=O)c1ccc(Nc2cc(N3CCOCC3)nc(-c3ccccc3)n2)cc1. The molecule has 59 heavy (non-hydrogen) atoms. The van der Waals surface area contributed by atoms with Crippen LogP contribution in [0.15, 0.2) is 131 Å². The van der Waals surface area contributed by atoms with Crippen LogP contribution in [-0.4, -0.2) is 102 Å². The minimum Gasteiger partial charge on any atom is -0.379 e. The number of ether oxygens (including phenoxy) is 2. The predicted molar refractivity (Wildman–Crippen MR) is 232 cm³/mol. The van der Waals surface area contributed by atoms with Gasteiger partial charge in [-0.15, -0.1) is 0 Å². The van der Waals surface area contributed by atoms with Crippen molar-refractivity contribution < 1.29 is 26.3 Å². The number of rotatable bonds is 9. The molecule has 2 aliphatic heterocycles. The molecule has 17 heteroatoms. The fourth-order valence-electron chi connectivity index (χ4n) is 5.75. The normalized spacial score (nSPS) is 14.2. The summed E-state index contributed by atoms with van der Waals surface area (Å²) in [6, 6.07) is 35.9. The van der Waals surface area contributed by atoms with E-state index in [2.05, 4.69) is 35.8 Å². The molecule has 0 amide bonds. The zero-order valence-corrected chi connectivity index (χ0v) is 35.0. The van der Waals surface area contributed by atoms with E-state index < -0.39 is 19.7 Å². The third-order valence-corrected chi connectivity index (χ3v) is 11.2. The molecule has 2 aliphatic rings. The Bertz CT molecular complexity index is 2480. The summed E-state index contributed by atoms with van der Waals surface area (Å²) in [5, 5.41) is 9.85. The molecular formula is C42H45ClN8O6S2. The minimum atomic E-state index is -3.23. The maximum Gasteiger partial charge on any atom is 0.175 e. The zero-order valence-electron chi connectivity index (χ0n) is 32.6. The van der Waals surface area contributed by atoms with Gasteiger partial charge >= 0.3 is 0 Å². The molecule has 0 atom stereocenters. The van der Waals surface area contributed by atoms with Crippen molar-refractivity contribution in [1.82, 2.24) is 25.3 Å². The quantitative estimate of drug-likeness (QED) is 0.131. The van der Waals surface area contributed by atoms with Crippen molar-refractivity contribution in [2.75, 3.05) is 80.7 Å². The summed E-state index contributed by atoms with van der Waals surface area (Å²) >= 11 is 6.08. The van der Waals surface area contributed by atoms with Crippen LogP contribution in [0.4, 0.5) is 28.8 Å². The lowest BCUT2D eigenvalue weighted by atomic mass is 10.2. The molecule has 308 valence electrons. The Hall–Kier alpha value is -5.49. The van der Waals surface area contributed by atoms with Gasteiger partial charge in [0.2, 0.25) is 0 Å². The molecule has 0 unspecified atom stereocenters. The van der Waals surface area contributed by atoms with E-state index in [4.69, 9.17) is 26.1 Å². The lowest BCUT2D eigenvalue weighted by Gasteiger charge is -2.28. The largest absolute Gasteiger partial charge is 0.379 e. The molecule has 0 saturated carbocycles. The van der Waals surface area contributed by atoms with Crippen LogP contribution in [0.5, 0.6) is 0 Å². The molecule has 4 aromatic carbocycles. The van der Waals surface area contributed by atoms with Crippen molar-refractivity contribution in [3.63, 3.8) is 0 Å². The summed E-state index contributed by atoms with van der Waals surface area (Å²) in [5.41, 5.74) is 3.24. The minimum absolute atomic E-state index is 0.263. The van der Waals surface area contributed by atoms with E-state index in [0.717, 1.165) is 62.0 Å². The van der Waals surface area contributed by atoms with Crippen LogP contribution in [-0.2, 0) is 29.1 Å². The average Bonchev–Trinajstić information content (AvgIpc) is 3.25. The van der Waals surface area contributed by atoms with Crippen LogP contribution in [0.3, 0.4) is 0 Å². The van der Waals surface area contributed by atoms with Gasteiger partial charge in [0.25, 0.3) is 0 Å². The molecule has 6 aromatic rings. The van der Waals surface area contributed by atoms with E-state index in [1.807, 2.05) is 66.7 Å². The molecular weight excluding hydrogens is 812 g/mol. The molecule has 0 spiro atoms. The highest BCUT2D eigenvalue weighted by molar-refractivity contribution is 7.91. The number of benzene rings is 4. The van der Waals surface area contributed by atoms with Gasteiger partial charge in [-0.2, -0.15) is 0 Å². The Balaban J connectivity index is 0.000000176. The van der Waals surface area contributed by atoms with E-state index in [1.165, 1.54) is 12.5 Å². The highest BCUT2D eigenvalue weighted by atomic mass is 35.5. The number of morpholine rings is 2. The molecule has 8 rings (SSSR count). The zero-order chi connectivity index (χ0) is 41.7. The first-order chi connectivity index (χ1) is 28.4. The Morgan fingerprint density at radius 2 is 1.02 bits per heavy atom. The lowest BCUT2D eigenvalue weighted by Crippen LogP contribution is -2.36. The maximum atomic E-state index is 11.7. The predicted octanol–water partition coefficient (Wildman–Crippen LogP) is 6.68. The summed E-state index contributed by atoms with van der Waals surface area (Å²) in [6.45, 7) is 6.71. The van der Waals surface area contributed by atoms with Crippen LogP contribution in [0.25, 0.3) is 22.8 Å². The molecule has 0 bridgehead atoms. The summed E-state index contributed by atoms with van der Waals surface area (Å²) in [6.07, 6.45) is 2.37. The molecule has 14 nitrogen and oxygen atoms in total. The monoisotopic (exact) mass is 856 g/mol. The number of aromatic nitrogens is 4. The summed E-state index contributed by atoms with van der Waals surface area (Å²) in [5.74, 6) is 3.15. The maximum absolute atomic E-state index is 11.7. The number of hydrogen-bond donors (Lipinski definition) is 3. The first-order valence-corrected chi connectivity index (χ1v) is 22.9. The van der Waals surface area contributed by atoms with Crippen molar-refractivity contribution >= 4 is 60.1 Å². The molecule has 0 aliphatic carbocycles. The van der Waals surface area contributed by atoms with Crippen molar-refractivity contribution in [1.29, 1.82) is 0 Å². The van der Waals surface area contributed by atoms with Crippen LogP contribution in [0.2, 0.25) is 5.15 Å². The second-order valence-electron chi connectivity index (χ2n) is 13.4. The average molecular weight is 857 g/mol. The van der Waals surface area contributed by atoms with Crippen LogP contribution in [0, 0.1) is 0 Å². The van der Waals surface area contributed by atoms with Crippen molar-refractivity contribution in [2.24, 2.45) is 0 Å². The van der Waals surface area contributed by atoms with Gasteiger partial charge in [-0.3, -0.25) is 0 Å². The lowest BCUT2D eigenvalue weighted by molar-refractivity contribution is 0.109. The van der Waals surface area contributed by atoms with Crippen molar-refractivity contribution in [3.8, 4) is 22.8 Å². The molecule has 4 heterocycles. The fraction of sp³-hybridized carbons (Fsp3) is 0.238. The molecule has 2 aromatic heterocycles. The number of halogens is 1. The van der Waals surface area contributed by atoms with Gasteiger partial charge in [0.05, 0.1) is 36.2 Å². The third kappa shape index (κ3) is 13.3. The van der Waals surface area contributed by atoms with Gasteiger partial charge in [-0.1, -0.05) is 72.3 Å². The van der Waals surface area contributed by atoms with Gasteiger partial charge in [0, 0.05) is 73.3 Å². The number of hydrogen-bond acceptors (Lipinski definition) is 14. The molecule has 2 saturated heterocycles. The first-order valence-electron chi connectivity index (χ1n) is 18.7. The van der Waals surface area contributed by atoms with Gasteiger partial charge in [-0.05, 0) is 48.5 Å². The standard InChI is InChI=1S/C21H22N4O3S.C17H14ClN3O2S.C4H9NO/c1-29(26,27)18-9-7-17(8-10-18)22-19-15-20(25-11-13-28-14-12-25)24-21(23-19)16-5-3-2-4-6-16;1-24(22,23)14-9-7-13(8-10-14)19-16-11-15(18)20-17(21-16)12-5-3-2-4-6-12;1-3-6-4-2-5-1/h2-10,15H,11-14H2,1H3,(H,22,23,24);2-11H,1H3,(H,19,20,21);5H,1-4H2. The first kappa shape index (κ1) is 43.1. The summed E-state index contributed by atoms with van der Waals surface area (Å²) in [7, 11) is -6.44. The number of nitrogens with one attached hydrogen (secondary N) is 3. The molecule has 0 radical (unpaired) electrons. The number of anilines is 5. The second-order valence-corrected chi connectivity index (χ2v) is 17.8. The van der Waals surface area contributed by atoms with Gasteiger partial charge in [0.15, 0.2) is 31.3 Å². The van der Waals surface area contributed by atoms with E-state index in [-0.39, 0.29) is 9.79 Å². The highest BCUT2D eigenvalue weighted by Crippen LogP contribution is 2.27. The Morgan fingerprint density at radius 1 is 0.576 bits per heavy atom. The molecule has 2 fully saturated rings. The summed E-state index contributed by atoms with van der Waals surface area (Å²) in [4.78, 5) is 20.8. The fourth-order valence-corrected chi connectivity index (χ4v) is 7.19. The number of sulfone groups is 2. The topological polar surface area (TPSA) is 178 Å². The van der Waals surface area contributed by atoms with Gasteiger partial charge in [-0.25, -0.2) is 36.8 Å². The third-order valence-electron chi connectivity index (χ3n) is 8.76. The molecule has 3 N–H and O–H groups in total. The van der Waals surface area contributed by atoms with E-state index in [0.29, 0.717) is 47.3 Å². The van der Waals surface area contributed by atoms with Gasteiger partial charge in [0.1, 0.15) is 22.6 Å². The summed E-state index contributed by atoms with van der Waals surface area (Å²) < 4.78 is 56.8.